The molecule has 0 unspecified atom stereocenters. The third kappa shape index (κ3) is 4.23. The zero-order chi connectivity index (χ0) is 21.8. The first-order valence-electron chi connectivity index (χ1n) is 10.7. The van der Waals surface area contributed by atoms with Crippen molar-refractivity contribution in [2.24, 2.45) is 0 Å². The Hall–Kier alpha value is -3.98. The van der Waals surface area contributed by atoms with Gasteiger partial charge in [0.1, 0.15) is 30.5 Å². The normalized spacial score (nSPS) is 10.9. The van der Waals surface area contributed by atoms with Crippen LogP contribution < -0.4 is 14.2 Å². The highest BCUT2D eigenvalue weighted by molar-refractivity contribution is 6.11. The lowest BCUT2D eigenvalue weighted by Crippen LogP contribution is -1.97. The van der Waals surface area contributed by atoms with Gasteiger partial charge in [-0.3, -0.25) is 0 Å². The smallest absolute Gasteiger partial charge is 0.131 e. The maximum Gasteiger partial charge on any atom is 0.131 e. The van der Waals surface area contributed by atoms with Gasteiger partial charge in [-0.15, -0.1) is 0 Å². The Morgan fingerprint density at radius 1 is 0.562 bits per heavy atom. The fraction of sp³-hybridized carbons (Fsp3) is 0.103. The largest absolute Gasteiger partial charge is 0.496 e. The van der Waals surface area contributed by atoms with Gasteiger partial charge >= 0.3 is 0 Å². The lowest BCUT2D eigenvalue weighted by molar-refractivity contribution is 0.304. The Kier molecular flexibility index (Phi) is 5.63. The topological polar surface area (TPSA) is 27.7 Å². The molecule has 0 atom stereocenters. The highest BCUT2D eigenvalue weighted by Gasteiger charge is 2.11. The van der Waals surface area contributed by atoms with Crippen LogP contribution in [0.15, 0.2) is 103 Å². The van der Waals surface area contributed by atoms with E-state index in [0.29, 0.717) is 13.2 Å². The molecular formula is C29H24O3. The lowest BCUT2D eigenvalue weighted by Gasteiger charge is -2.14. The summed E-state index contributed by atoms with van der Waals surface area (Å²) in [6, 6.07) is 34.8. The Balaban J connectivity index is 1.44. The molecule has 3 heteroatoms. The molecule has 0 saturated carbocycles. The minimum absolute atomic E-state index is 0.519. The number of methoxy groups -OCH3 is 1. The van der Waals surface area contributed by atoms with Crippen LogP contribution in [-0.2, 0) is 13.2 Å². The maximum atomic E-state index is 6.05. The van der Waals surface area contributed by atoms with E-state index in [0.717, 1.165) is 49.9 Å². The summed E-state index contributed by atoms with van der Waals surface area (Å²) in [5.41, 5.74) is 2.28. The Labute approximate surface area is 187 Å². The van der Waals surface area contributed by atoms with E-state index < -0.39 is 0 Å². The molecule has 0 saturated heterocycles. The van der Waals surface area contributed by atoms with Crippen molar-refractivity contribution in [1.29, 1.82) is 0 Å². The molecule has 0 spiro atoms. The standard InChI is InChI=1S/C29H24O3/c1-30-28-18-26(32-20-22-10-6-3-7-11-22)17-24-13-12-23-16-25(14-15-27(23)29(24)28)31-19-21-8-4-2-5-9-21/h2-18H,19-20H2,1H3. The van der Waals surface area contributed by atoms with E-state index >= 15 is 0 Å². The minimum Gasteiger partial charge on any atom is -0.496 e. The summed E-state index contributed by atoms with van der Waals surface area (Å²) in [7, 11) is 1.70. The van der Waals surface area contributed by atoms with E-state index in [9.17, 15) is 0 Å². The van der Waals surface area contributed by atoms with Crippen LogP contribution in [-0.4, -0.2) is 7.11 Å². The number of hydrogen-bond acceptors (Lipinski definition) is 3. The number of ether oxygens (including phenoxy) is 3. The van der Waals surface area contributed by atoms with Crippen LogP contribution in [0.1, 0.15) is 11.1 Å². The average molecular weight is 421 g/mol. The zero-order valence-corrected chi connectivity index (χ0v) is 18.0. The zero-order valence-electron chi connectivity index (χ0n) is 18.0. The monoisotopic (exact) mass is 420 g/mol. The molecule has 0 amide bonds. The molecule has 0 fully saturated rings. The highest BCUT2D eigenvalue weighted by Crippen LogP contribution is 2.37. The first kappa shape index (κ1) is 20.0. The molecule has 0 aliphatic heterocycles. The number of hydrogen-bond donors (Lipinski definition) is 0. The molecule has 0 bridgehead atoms. The molecular weight excluding hydrogens is 396 g/mol. The average Bonchev–Trinajstić information content (AvgIpc) is 2.86. The molecule has 0 heterocycles. The van der Waals surface area contributed by atoms with Crippen molar-refractivity contribution < 1.29 is 14.2 Å². The summed E-state index contributed by atoms with van der Waals surface area (Å²) in [5, 5.41) is 4.39. The van der Waals surface area contributed by atoms with Crippen molar-refractivity contribution in [2.75, 3.05) is 7.11 Å². The van der Waals surface area contributed by atoms with E-state index in [1.165, 1.54) is 0 Å². The van der Waals surface area contributed by atoms with Crippen molar-refractivity contribution in [3.05, 3.63) is 114 Å². The van der Waals surface area contributed by atoms with Crippen molar-refractivity contribution in [1.82, 2.24) is 0 Å². The van der Waals surface area contributed by atoms with E-state index in [2.05, 4.69) is 54.6 Å². The van der Waals surface area contributed by atoms with Crippen LogP contribution in [0.4, 0.5) is 0 Å². The lowest BCUT2D eigenvalue weighted by atomic mass is 10.0. The predicted molar refractivity (Wildman–Crippen MR) is 130 cm³/mol. The maximum absolute atomic E-state index is 6.05. The third-order valence-corrected chi connectivity index (χ3v) is 5.56. The van der Waals surface area contributed by atoms with Crippen LogP contribution in [0.2, 0.25) is 0 Å². The molecule has 5 aromatic rings. The van der Waals surface area contributed by atoms with Crippen LogP contribution in [0.3, 0.4) is 0 Å². The number of benzene rings is 5. The number of rotatable bonds is 7. The summed E-state index contributed by atoms with van der Waals surface area (Å²) in [4.78, 5) is 0. The van der Waals surface area contributed by atoms with Gasteiger partial charge in [-0.2, -0.15) is 0 Å². The molecule has 158 valence electrons. The van der Waals surface area contributed by atoms with E-state index in [1.807, 2.05) is 48.5 Å². The van der Waals surface area contributed by atoms with E-state index in [1.54, 1.807) is 7.11 Å². The van der Waals surface area contributed by atoms with Gasteiger partial charge < -0.3 is 14.2 Å². The molecule has 5 rings (SSSR count). The SMILES string of the molecule is COc1cc(OCc2ccccc2)cc2ccc3cc(OCc4ccccc4)ccc3c12. The van der Waals surface area contributed by atoms with Crippen LogP contribution in [0.5, 0.6) is 17.2 Å². The van der Waals surface area contributed by atoms with Gasteiger partial charge in [-0.1, -0.05) is 72.8 Å². The van der Waals surface area contributed by atoms with Crippen LogP contribution in [0, 0.1) is 0 Å². The summed E-state index contributed by atoms with van der Waals surface area (Å²) in [5.74, 6) is 2.44. The predicted octanol–water partition coefficient (Wildman–Crippen LogP) is 7.16. The summed E-state index contributed by atoms with van der Waals surface area (Å²) in [6.07, 6.45) is 0. The minimum atomic E-state index is 0.519. The van der Waals surface area contributed by atoms with Gasteiger partial charge in [0.2, 0.25) is 0 Å². The third-order valence-electron chi connectivity index (χ3n) is 5.56. The molecule has 5 aromatic carbocycles. The molecule has 0 aromatic heterocycles. The Bertz CT molecular complexity index is 1350. The van der Waals surface area contributed by atoms with Gasteiger partial charge in [0.05, 0.1) is 7.11 Å². The van der Waals surface area contributed by atoms with Gasteiger partial charge in [-0.25, -0.2) is 0 Å². The molecule has 0 aliphatic carbocycles. The first-order valence-corrected chi connectivity index (χ1v) is 10.7. The van der Waals surface area contributed by atoms with E-state index in [4.69, 9.17) is 14.2 Å². The summed E-state index contributed by atoms with van der Waals surface area (Å²) >= 11 is 0. The second kappa shape index (κ2) is 9.03. The Morgan fingerprint density at radius 3 is 1.81 bits per heavy atom. The molecule has 0 N–H and O–H groups in total. The van der Waals surface area contributed by atoms with Gasteiger partial charge in [0, 0.05) is 11.5 Å². The molecule has 0 radical (unpaired) electrons. The number of fused-ring (bicyclic) bond motifs is 3. The second-order valence-corrected chi connectivity index (χ2v) is 7.72. The van der Waals surface area contributed by atoms with Crippen LogP contribution >= 0.6 is 0 Å². The van der Waals surface area contributed by atoms with Crippen LogP contribution in [0.25, 0.3) is 21.5 Å². The van der Waals surface area contributed by atoms with Crippen molar-refractivity contribution in [2.45, 2.75) is 13.2 Å². The summed E-state index contributed by atoms with van der Waals surface area (Å²) < 4.78 is 17.8. The van der Waals surface area contributed by atoms with Crippen molar-refractivity contribution in [3.8, 4) is 17.2 Å². The van der Waals surface area contributed by atoms with Gasteiger partial charge in [0.15, 0.2) is 0 Å². The first-order chi connectivity index (χ1) is 15.8. The van der Waals surface area contributed by atoms with Gasteiger partial charge in [-0.05, 0) is 51.6 Å². The molecule has 32 heavy (non-hydrogen) atoms. The van der Waals surface area contributed by atoms with E-state index in [-0.39, 0.29) is 0 Å². The van der Waals surface area contributed by atoms with Gasteiger partial charge in [0.25, 0.3) is 0 Å². The summed E-state index contributed by atoms with van der Waals surface area (Å²) in [6.45, 7) is 1.07. The highest BCUT2D eigenvalue weighted by atomic mass is 16.5. The fourth-order valence-corrected chi connectivity index (χ4v) is 3.93. The fourth-order valence-electron chi connectivity index (χ4n) is 3.93. The molecule has 0 aliphatic rings. The molecule has 3 nitrogen and oxygen atoms in total. The van der Waals surface area contributed by atoms with Crippen molar-refractivity contribution in [3.63, 3.8) is 0 Å². The van der Waals surface area contributed by atoms with Crippen molar-refractivity contribution >= 4 is 21.5 Å². The Morgan fingerprint density at radius 2 is 1.16 bits per heavy atom. The second-order valence-electron chi connectivity index (χ2n) is 7.72. The quantitative estimate of drug-likeness (QED) is 0.261.